The van der Waals surface area contributed by atoms with Gasteiger partial charge < -0.3 is 5.11 Å². The Balaban J connectivity index is 2.36. The summed E-state index contributed by atoms with van der Waals surface area (Å²) in [5, 5.41) is 27.7. The van der Waals surface area contributed by atoms with Gasteiger partial charge in [-0.25, -0.2) is 4.79 Å². The fraction of sp³-hybridized carbons (Fsp3) is 0.364. The third kappa shape index (κ3) is 2.51. The summed E-state index contributed by atoms with van der Waals surface area (Å²) in [5.74, 6) is -1.42. The lowest BCUT2D eigenvalue weighted by atomic mass is 10.3. The minimum atomic E-state index is -1.42. The Morgan fingerprint density at radius 3 is 2.70 bits per heavy atom. The number of carboxylic acid groups (broad SMARTS) is 1. The number of carboxylic acids is 1. The lowest BCUT2D eigenvalue weighted by Gasteiger charge is -2.03. The fourth-order valence-electron chi connectivity index (χ4n) is 1.94. The first-order chi connectivity index (χ1) is 9.42. The first kappa shape index (κ1) is 13.7. The Morgan fingerprint density at radius 1 is 1.50 bits per heavy atom. The Morgan fingerprint density at radius 2 is 2.20 bits per heavy atom. The number of carbonyl (C=O) groups is 1. The molecule has 9 heteroatoms. The highest BCUT2D eigenvalue weighted by Crippen LogP contribution is 2.17. The van der Waals surface area contributed by atoms with Crippen LogP contribution in [0.25, 0.3) is 0 Å². The Kier molecular flexibility index (Phi) is 3.51. The van der Waals surface area contributed by atoms with E-state index in [4.69, 9.17) is 5.11 Å². The topological polar surface area (TPSA) is 116 Å². The van der Waals surface area contributed by atoms with E-state index in [1.807, 2.05) is 19.9 Å². The number of aryl methyl sites for hydroxylation is 2. The molecule has 0 aliphatic carbocycles. The van der Waals surface area contributed by atoms with Crippen molar-refractivity contribution in [3.63, 3.8) is 0 Å². The molecule has 0 atom stereocenters. The van der Waals surface area contributed by atoms with Gasteiger partial charge in [0.05, 0.1) is 22.9 Å². The van der Waals surface area contributed by atoms with Crippen LogP contribution in [-0.2, 0) is 13.1 Å². The van der Waals surface area contributed by atoms with Crippen molar-refractivity contribution in [3.8, 4) is 0 Å². The summed E-state index contributed by atoms with van der Waals surface area (Å²) in [4.78, 5) is 21.0. The van der Waals surface area contributed by atoms with Gasteiger partial charge in [0.15, 0.2) is 0 Å². The van der Waals surface area contributed by atoms with Gasteiger partial charge in [-0.1, -0.05) is 0 Å². The lowest BCUT2D eigenvalue weighted by molar-refractivity contribution is -0.385. The van der Waals surface area contributed by atoms with Gasteiger partial charge in [-0.3, -0.25) is 19.5 Å². The summed E-state index contributed by atoms with van der Waals surface area (Å²) in [7, 11) is 0. The summed E-state index contributed by atoms with van der Waals surface area (Å²) in [5.41, 5.74) is 0.548. The first-order valence-corrected chi connectivity index (χ1v) is 5.90. The van der Waals surface area contributed by atoms with E-state index in [0.29, 0.717) is 6.54 Å². The third-order valence-electron chi connectivity index (χ3n) is 2.75. The van der Waals surface area contributed by atoms with Crippen LogP contribution in [0.1, 0.15) is 28.8 Å². The van der Waals surface area contributed by atoms with Gasteiger partial charge in [0, 0.05) is 6.54 Å². The van der Waals surface area contributed by atoms with E-state index in [0.717, 1.165) is 17.6 Å². The summed E-state index contributed by atoms with van der Waals surface area (Å²) in [6, 6.07) is 1.83. The van der Waals surface area contributed by atoms with Crippen LogP contribution in [0.3, 0.4) is 0 Å². The van der Waals surface area contributed by atoms with E-state index in [1.165, 1.54) is 4.68 Å². The number of aromatic nitrogens is 4. The average Bonchev–Trinajstić information content (AvgIpc) is 2.93. The molecule has 0 aliphatic rings. The SMILES string of the molecule is CCn1nc(C)cc1Cn1cc([N+](=O)[O-])c(C(=O)O)n1. The van der Waals surface area contributed by atoms with E-state index in [9.17, 15) is 14.9 Å². The van der Waals surface area contributed by atoms with Gasteiger partial charge in [0.2, 0.25) is 5.69 Å². The lowest BCUT2D eigenvalue weighted by Crippen LogP contribution is -2.09. The number of hydrogen-bond acceptors (Lipinski definition) is 5. The van der Waals surface area contributed by atoms with Crippen molar-refractivity contribution in [1.29, 1.82) is 0 Å². The zero-order valence-electron chi connectivity index (χ0n) is 11.0. The molecule has 1 N–H and O–H groups in total. The molecule has 9 nitrogen and oxygen atoms in total. The van der Waals surface area contributed by atoms with Crippen LogP contribution in [0.5, 0.6) is 0 Å². The van der Waals surface area contributed by atoms with E-state index in [1.54, 1.807) is 4.68 Å². The molecule has 0 aliphatic heterocycles. The van der Waals surface area contributed by atoms with E-state index in [-0.39, 0.29) is 6.54 Å². The summed E-state index contributed by atoms with van der Waals surface area (Å²) >= 11 is 0. The number of nitro groups is 1. The van der Waals surface area contributed by atoms with E-state index >= 15 is 0 Å². The van der Waals surface area contributed by atoms with Crippen molar-refractivity contribution >= 4 is 11.7 Å². The van der Waals surface area contributed by atoms with Gasteiger partial charge >= 0.3 is 11.7 Å². The fourth-order valence-corrected chi connectivity index (χ4v) is 1.94. The molecule has 2 aromatic rings. The maximum atomic E-state index is 10.9. The summed E-state index contributed by atoms with van der Waals surface area (Å²) < 4.78 is 2.98. The molecule has 2 aromatic heterocycles. The van der Waals surface area contributed by atoms with Crippen LogP contribution in [0.4, 0.5) is 5.69 Å². The smallest absolute Gasteiger partial charge is 0.363 e. The maximum Gasteiger partial charge on any atom is 0.363 e. The number of hydrogen-bond donors (Lipinski definition) is 1. The highest BCUT2D eigenvalue weighted by atomic mass is 16.6. The number of rotatable bonds is 5. The van der Waals surface area contributed by atoms with Gasteiger partial charge in [0.25, 0.3) is 0 Å². The molecule has 0 spiro atoms. The first-order valence-electron chi connectivity index (χ1n) is 5.90. The molecular weight excluding hydrogens is 266 g/mol. The van der Waals surface area contributed by atoms with Crippen molar-refractivity contribution < 1.29 is 14.8 Å². The van der Waals surface area contributed by atoms with Crippen LogP contribution in [-0.4, -0.2) is 35.6 Å². The molecule has 106 valence electrons. The van der Waals surface area contributed by atoms with Crippen LogP contribution >= 0.6 is 0 Å². The quantitative estimate of drug-likeness (QED) is 0.646. The van der Waals surface area contributed by atoms with Crippen molar-refractivity contribution in [1.82, 2.24) is 19.6 Å². The summed E-state index contributed by atoms with van der Waals surface area (Å²) in [6.07, 6.45) is 1.12. The number of aromatic carboxylic acids is 1. The number of nitrogens with zero attached hydrogens (tertiary/aromatic N) is 5. The van der Waals surface area contributed by atoms with Crippen LogP contribution in [0.2, 0.25) is 0 Å². The normalized spacial score (nSPS) is 10.7. The Bertz CT molecular complexity index is 641. The van der Waals surface area contributed by atoms with Gasteiger partial charge in [-0.15, -0.1) is 0 Å². The minimum absolute atomic E-state index is 0.225. The molecule has 0 aromatic carbocycles. The Labute approximate surface area is 113 Å². The molecule has 0 saturated carbocycles. The van der Waals surface area contributed by atoms with E-state index in [2.05, 4.69) is 10.2 Å². The average molecular weight is 279 g/mol. The zero-order chi connectivity index (χ0) is 14.9. The van der Waals surface area contributed by atoms with Crippen molar-refractivity contribution in [3.05, 3.63) is 39.5 Å². The summed E-state index contributed by atoms with van der Waals surface area (Å²) in [6.45, 7) is 4.63. The molecule has 0 unspecified atom stereocenters. The predicted molar refractivity (Wildman–Crippen MR) is 67.6 cm³/mol. The van der Waals surface area contributed by atoms with E-state index < -0.39 is 22.3 Å². The van der Waals surface area contributed by atoms with Gasteiger partial charge in [-0.2, -0.15) is 10.2 Å². The third-order valence-corrected chi connectivity index (χ3v) is 2.75. The van der Waals surface area contributed by atoms with Crippen LogP contribution in [0.15, 0.2) is 12.3 Å². The van der Waals surface area contributed by atoms with Gasteiger partial charge in [0.1, 0.15) is 6.20 Å². The molecule has 2 rings (SSSR count). The highest BCUT2D eigenvalue weighted by Gasteiger charge is 2.25. The van der Waals surface area contributed by atoms with Crippen molar-refractivity contribution in [2.75, 3.05) is 0 Å². The highest BCUT2D eigenvalue weighted by molar-refractivity contribution is 5.89. The molecule has 0 amide bonds. The Hall–Kier alpha value is -2.71. The second kappa shape index (κ2) is 5.11. The molecule has 0 saturated heterocycles. The second-order valence-electron chi connectivity index (χ2n) is 4.22. The molecule has 0 radical (unpaired) electrons. The second-order valence-corrected chi connectivity index (χ2v) is 4.22. The minimum Gasteiger partial charge on any atom is -0.476 e. The standard InChI is InChI=1S/C11H13N5O4/c1-3-15-8(4-7(2)12-15)5-14-6-9(16(19)20)10(13-14)11(17)18/h4,6H,3,5H2,1-2H3,(H,17,18). The molecule has 0 fully saturated rings. The predicted octanol–water partition coefficient (Wildman–Crippen LogP) is 1.06. The van der Waals surface area contributed by atoms with Crippen molar-refractivity contribution in [2.45, 2.75) is 26.9 Å². The monoisotopic (exact) mass is 279 g/mol. The molecule has 2 heterocycles. The molecule has 0 bridgehead atoms. The zero-order valence-corrected chi connectivity index (χ0v) is 11.0. The van der Waals surface area contributed by atoms with Crippen LogP contribution in [0, 0.1) is 17.0 Å². The van der Waals surface area contributed by atoms with Gasteiger partial charge in [-0.05, 0) is 19.9 Å². The maximum absolute atomic E-state index is 10.9. The molecule has 20 heavy (non-hydrogen) atoms. The largest absolute Gasteiger partial charge is 0.476 e. The van der Waals surface area contributed by atoms with Crippen LogP contribution < -0.4 is 0 Å². The van der Waals surface area contributed by atoms with Crippen molar-refractivity contribution in [2.24, 2.45) is 0 Å². The molecular formula is C11H13N5O4.